The lowest BCUT2D eigenvalue weighted by Gasteiger charge is -2.45. The highest BCUT2D eigenvalue weighted by atomic mass is 32.1. The summed E-state index contributed by atoms with van der Waals surface area (Å²) in [5, 5.41) is 5.65. The lowest BCUT2D eigenvalue weighted by molar-refractivity contribution is 0.0390. The molecule has 122 valence electrons. The molecule has 2 saturated heterocycles. The molecule has 1 aromatic heterocycles. The Hall–Kier alpha value is -1.05. The first-order valence-electron chi connectivity index (χ1n) is 8.07. The van der Waals surface area contributed by atoms with Gasteiger partial charge in [-0.1, -0.05) is 4.49 Å². The second-order valence-electron chi connectivity index (χ2n) is 6.70. The molecule has 0 radical (unpaired) electrons. The summed E-state index contributed by atoms with van der Waals surface area (Å²) >= 11 is 1.24. The molecule has 7 heteroatoms. The van der Waals surface area contributed by atoms with Crippen molar-refractivity contribution >= 4 is 17.4 Å². The molecule has 2 aliphatic heterocycles. The van der Waals surface area contributed by atoms with Crippen molar-refractivity contribution < 1.29 is 4.79 Å². The van der Waals surface area contributed by atoms with Crippen LogP contribution in [0.4, 0.5) is 0 Å². The molecule has 0 bridgehead atoms. The number of hydrogen-bond donors (Lipinski definition) is 0. The Morgan fingerprint density at radius 3 is 2.73 bits per heavy atom. The molecule has 2 aliphatic rings. The summed E-state index contributed by atoms with van der Waals surface area (Å²) in [5.41, 5.74) is 0.824. The van der Waals surface area contributed by atoms with Gasteiger partial charge in [-0.3, -0.25) is 9.69 Å². The summed E-state index contributed by atoms with van der Waals surface area (Å²) in [6.07, 6.45) is 4.74. The molecule has 0 saturated carbocycles. The second kappa shape index (κ2) is 6.60. The fourth-order valence-corrected chi connectivity index (χ4v) is 4.21. The SMILES string of the molecule is CN(C)CCN1CCCC12CCN(C(=O)c1csnn1)CC2. The summed E-state index contributed by atoms with van der Waals surface area (Å²) in [5.74, 6) is 0.0430. The van der Waals surface area contributed by atoms with Crippen molar-refractivity contribution in [3.05, 3.63) is 11.1 Å². The van der Waals surface area contributed by atoms with E-state index in [2.05, 4.69) is 33.5 Å². The quantitative estimate of drug-likeness (QED) is 0.832. The van der Waals surface area contributed by atoms with Crippen LogP contribution in [0.15, 0.2) is 5.38 Å². The number of nitrogens with zero attached hydrogens (tertiary/aromatic N) is 5. The first-order chi connectivity index (χ1) is 10.6. The van der Waals surface area contributed by atoms with E-state index < -0.39 is 0 Å². The number of likely N-dealkylation sites (tertiary alicyclic amines) is 2. The molecule has 1 amide bonds. The van der Waals surface area contributed by atoms with Gasteiger partial charge in [0.05, 0.1) is 0 Å². The predicted molar refractivity (Wildman–Crippen MR) is 87.1 cm³/mol. The van der Waals surface area contributed by atoms with E-state index in [4.69, 9.17) is 0 Å². The van der Waals surface area contributed by atoms with Gasteiger partial charge in [0.25, 0.3) is 5.91 Å². The van der Waals surface area contributed by atoms with E-state index in [9.17, 15) is 4.79 Å². The molecule has 2 fully saturated rings. The van der Waals surface area contributed by atoms with Crippen molar-refractivity contribution in [3.63, 3.8) is 0 Å². The maximum atomic E-state index is 12.4. The number of amides is 1. The summed E-state index contributed by atoms with van der Waals surface area (Å²) in [6.45, 7) is 5.13. The van der Waals surface area contributed by atoms with Gasteiger partial charge in [0.1, 0.15) is 0 Å². The molecular formula is C15H25N5OS. The average molecular weight is 323 g/mol. The van der Waals surface area contributed by atoms with Crippen molar-refractivity contribution in [2.24, 2.45) is 0 Å². The van der Waals surface area contributed by atoms with Crippen LogP contribution in [0.2, 0.25) is 0 Å². The van der Waals surface area contributed by atoms with E-state index in [0.717, 1.165) is 39.0 Å². The molecule has 0 aliphatic carbocycles. The van der Waals surface area contributed by atoms with Crippen molar-refractivity contribution in [2.75, 3.05) is 46.8 Å². The Morgan fingerprint density at radius 1 is 1.32 bits per heavy atom. The number of rotatable bonds is 4. The van der Waals surface area contributed by atoms with Gasteiger partial charge in [0.2, 0.25) is 0 Å². The Kier molecular flexibility index (Phi) is 4.75. The lowest BCUT2D eigenvalue weighted by Crippen LogP contribution is -2.54. The topological polar surface area (TPSA) is 52.6 Å². The molecular weight excluding hydrogens is 298 g/mol. The van der Waals surface area contributed by atoms with Crippen molar-refractivity contribution in [1.82, 2.24) is 24.3 Å². The van der Waals surface area contributed by atoms with Gasteiger partial charge in [-0.05, 0) is 57.9 Å². The Bertz CT molecular complexity index is 496. The molecule has 0 N–H and O–H groups in total. The van der Waals surface area contributed by atoms with Crippen LogP contribution in [0.25, 0.3) is 0 Å². The fraction of sp³-hybridized carbons (Fsp3) is 0.800. The van der Waals surface area contributed by atoms with Crippen molar-refractivity contribution in [1.29, 1.82) is 0 Å². The van der Waals surface area contributed by atoms with Gasteiger partial charge in [0.15, 0.2) is 5.69 Å². The molecule has 22 heavy (non-hydrogen) atoms. The van der Waals surface area contributed by atoms with Gasteiger partial charge >= 0.3 is 0 Å². The zero-order valence-electron chi connectivity index (χ0n) is 13.5. The van der Waals surface area contributed by atoms with E-state index in [0.29, 0.717) is 11.2 Å². The second-order valence-corrected chi connectivity index (χ2v) is 7.31. The lowest BCUT2D eigenvalue weighted by atomic mass is 9.85. The van der Waals surface area contributed by atoms with Crippen LogP contribution in [-0.4, -0.2) is 82.6 Å². The third kappa shape index (κ3) is 3.16. The van der Waals surface area contributed by atoms with Crippen LogP contribution in [0.3, 0.4) is 0 Å². The van der Waals surface area contributed by atoms with Gasteiger partial charge in [-0.25, -0.2) is 0 Å². The molecule has 3 rings (SSSR count). The third-order valence-electron chi connectivity index (χ3n) is 5.12. The molecule has 1 spiro atoms. The summed E-state index contributed by atoms with van der Waals surface area (Å²) in [7, 11) is 4.26. The fourth-order valence-electron chi connectivity index (χ4n) is 3.78. The first kappa shape index (κ1) is 15.8. The van der Waals surface area contributed by atoms with Crippen LogP contribution >= 0.6 is 11.5 Å². The van der Waals surface area contributed by atoms with Crippen LogP contribution < -0.4 is 0 Å². The zero-order valence-corrected chi connectivity index (χ0v) is 14.3. The monoisotopic (exact) mass is 323 g/mol. The smallest absolute Gasteiger partial charge is 0.275 e. The summed E-state index contributed by atoms with van der Waals surface area (Å²) in [4.78, 5) is 19.2. The van der Waals surface area contributed by atoms with E-state index in [-0.39, 0.29) is 5.91 Å². The van der Waals surface area contributed by atoms with Gasteiger partial charge in [0, 0.05) is 37.1 Å². The summed E-state index contributed by atoms with van der Waals surface area (Å²) < 4.78 is 3.79. The standard InChI is InChI=1S/C15H25N5OS/c1-18(2)10-11-20-7-3-4-15(20)5-8-19(9-6-15)14(21)13-12-22-17-16-13/h12H,3-11H2,1-2H3. The third-order valence-corrected chi connectivity index (χ3v) is 5.62. The number of hydrogen-bond acceptors (Lipinski definition) is 6. The van der Waals surface area contributed by atoms with E-state index in [1.807, 2.05) is 4.90 Å². The Labute approximate surface area is 136 Å². The minimum atomic E-state index is 0.0430. The largest absolute Gasteiger partial charge is 0.337 e. The zero-order chi connectivity index (χ0) is 15.6. The highest BCUT2D eigenvalue weighted by molar-refractivity contribution is 7.03. The summed E-state index contributed by atoms with van der Waals surface area (Å²) in [6, 6.07) is 0. The molecule has 6 nitrogen and oxygen atoms in total. The highest BCUT2D eigenvalue weighted by Crippen LogP contribution is 2.38. The maximum Gasteiger partial charge on any atom is 0.275 e. The van der Waals surface area contributed by atoms with Crippen LogP contribution in [-0.2, 0) is 0 Å². The van der Waals surface area contributed by atoms with Gasteiger partial charge in [-0.2, -0.15) is 0 Å². The number of aromatic nitrogens is 2. The Morgan fingerprint density at radius 2 is 2.09 bits per heavy atom. The van der Waals surface area contributed by atoms with Gasteiger partial charge < -0.3 is 9.80 Å². The van der Waals surface area contributed by atoms with Crippen molar-refractivity contribution in [2.45, 2.75) is 31.2 Å². The van der Waals surface area contributed by atoms with E-state index in [1.165, 1.54) is 30.9 Å². The molecule has 1 aromatic rings. The minimum Gasteiger partial charge on any atom is -0.337 e. The van der Waals surface area contributed by atoms with Crippen LogP contribution in [0, 0.1) is 0 Å². The normalized spacial score (nSPS) is 21.9. The predicted octanol–water partition coefficient (Wildman–Crippen LogP) is 1.17. The maximum absolute atomic E-state index is 12.4. The van der Waals surface area contributed by atoms with Crippen LogP contribution in [0.1, 0.15) is 36.2 Å². The molecule has 3 heterocycles. The molecule has 0 unspecified atom stereocenters. The molecule has 0 aromatic carbocycles. The Balaban J connectivity index is 1.59. The average Bonchev–Trinajstić information content (AvgIpc) is 3.16. The number of piperidine rings is 1. The van der Waals surface area contributed by atoms with Crippen LogP contribution in [0.5, 0.6) is 0 Å². The highest BCUT2D eigenvalue weighted by Gasteiger charge is 2.43. The first-order valence-corrected chi connectivity index (χ1v) is 8.90. The van der Waals surface area contributed by atoms with Crippen molar-refractivity contribution in [3.8, 4) is 0 Å². The van der Waals surface area contributed by atoms with Gasteiger partial charge in [-0.15, -0.1) is 5.10 Å². The van der Waals surface area contributed by atoms with E-state index in [1.54, 1.807) is 5.38 Å². The number of carbonyl (C=O) groups is 1. The van der Waals surface area contributed by atoms with E-state index >= 15 is 0 Å². The number of likely N-dealkylation sites (N-methyl/N-ethyl adjacent to an activating group) is 1. The molecule has 0 atom stereocenters. The number of carbonyl (C=O) groups excluding carboxylic acids is 1. The minimum absolute atomic E-state index is 0.0430.